The van der Waals surface area contributed by atoms with E-state index in [2.05, 4.69) is 27.7 Å². The van der Waals surface area contributed by atoms with Gasteiger partial charge in [-0.15, -0.1) is 11.3 Å². The van der Waals surface area contributed by atoms with Crippen LogP contribution in [0.2, 0.25) is 0 Å². The summed E-state index contributed by atoms with van der Waals surface area (Å²) in [7, 11) is 1.71. The lowest BCUT2D eigenvalue weighted by Gasteiger charge is -2.30. The highest BCUT2D eigenvalue weighted by molar-refractivity contribution is 7.14. The van der Waals surface area contributed by atoms with Gasteiger partial charge in [0.05, 0.1) is 5.69 Å². The number of aromatic nitrogens is 1. The summed E-state index contributed by atoms with van der Waals surface area (Å²) in [5.41, 5.74) is 2.18. The molecule has 0 saturated carbocycles. The minimum absolute atomic E-state index is 0.153. The quantitative estimate of drug-likeness (QED) is 0.948. The predicted octanol–water partition coefficient (Wildman–Crippen LogP) is 2.77. The second-order valence-corrected chi connectivity index (χ2v) is 6.09. The number of anilines is 1. The fraction of sp³-hybridized carbons (Fsp3) is 0.375. The zero-order valence-corrected chi connectivity index (χ0v) is 12.9. The molecule has 1 N–H and O–H groups in total. The summed E-state index contributed by atoms with van der Waals surface area (Å²) in [5.74, 6) is 0.318. The topological polar surface area (TPSA) is 45.2 Å². The predicted molar refractivity (Wildman–Crippen MR) is 86.6 cm³/mol. The Labute approximate surface area is 128 Å². The molecule has 0 unspecified atom stereocenters. The normalized spacial score (nSPS) is 16.0. The molecule has 0 aliphatic carbocycles. The van der Waals surface area contributed by atoms with Crippen LogP contribution in [0.15, 0.2) is 35.7 Å². The third kappa shape index (κ3) is 3.08. The van der Waals surface area contributed by atoms with Crippen molar-refractivity contribution in [2.75, 3.05) is 25.0 Å². The standard InChI is InChI=1S/C16H19N3OS/c1-17-15(20)13-7-9-19(10-8-13)16-18-14(11-21-16)12-5-3-2-4-6-12/h2-6,11,13H,7-10H2,1H3,(H,17,20). The Hall–Kier alpha value is -1.88. The van der Waals surface area contributed by atoms with Crippen molar-refractivity contribution in [2.45, 2.75) is 12.8 Å². The third-order valence-corrected chi connectivity index (χ3v) is 4.85. The molecule has 1 aromatic heterocycles. The van der Waals surface area contributed by atoms with Crippen molar-refractivity contribution in [1.29, 1.82) is 0 Å². The molecule has 4 nitrogen and oxygen atoms in total. The molecule has 2 heterocycles. The molecule has 5 heteroatoms. The second kappa shape index (κ2) is 6.26. The Bertz CT molecular complexity index is 603. The first-order chi connectivity index (χ1) is 10.3. The minimum atomic E-state index is 0.153. The number of rotatable bonds is 3. The average molecular weight is 301 g/mol. The van der Waals surface area contributed by atoms with Crippen molar-refractivity contribution in [1.82, 2.24) is 10.3 Å². The van der Waals surface area contributed by atoms with Crippen molar-refractivity contribution in [3.63, 3.8) is 0 Å². The Morgan fingerprint density at radius 2 is 2.00 bits per heavy atom. The fourth-order valence-electron chi connectivity index (χ4n) is 2.69. The maximum atomic E-state index is 11.7. The van der Waals surface area contributed by atoms with E-state index in [1.54, 1.807) is 18.4 Å². The lowest BCUT2D eigenvalue weighted by atomic mass is 9.96. The molecule has 1 amide bonds. The Kier molecular flexibility index (Phi) is 4.20. The van der Waals surface area contributed by atoms with Crippen LogP contribution in [0, 0.1) is 5.92 Å². The van der Waals surface area contributed by atoms with Crippen molar-refractivity contribution < 1.29 is 4.79 Å². The summed E-state index contributed by atoms with van der Waals surface area (Å²) in [6.45, 7) is 1.81. The van der Waals surface area contributed by atoms with Crippen LogP contribution in [0.5, 0.6) is 0 Å². The number of piperidine rings is 1. The van der Waals surface area contributed by atoms with Gasteiger partial charge in [0.25, 0.3) is 0 Å². The monoisotopic (exact) mass is 301 g/mol. The van der Waals surface area contributed by atoms with Gasteiger partial charge in [0.1, 0.15) is 0 Å². The maximum Gasteiger partial charge on any atom is 0.222 e. The first-order valence-electron chi connectivity index (χ1n) is 7.25. The molecule has 0 spiro atoms. The lowest BCUT2D eigenvalue weighted by Crippen LogP contribution is -2.39. The number of hydrogen-bond donors (Lipinski definition) is 1. The largest absolute Gasteiger partial charge is 0.359 e. The number of carbonyl (C=O) groups is 1. The van der Waals surface area contributed by atoms with E-state index in [0.717, 1.165) is 42.3 Å². The Morgan fingerprint density at radius 1 is 1.29 bits per heavy atom. The molecule has 0 bridgehead atoms. The lowest BCUT2D eigenvalue weighted by molar-refractivity contribution is -0.125. The zero-order chi connectivity index (χ0) is 14.7. The van der Waals surface area contributed by atoms with Gasteiger partial charge < -0.3 is 10.2 Å². The molecule has 1 aromatic carbocycles. The van der Waals surface area contributed by atoms with Crippen LogP contribution in [0.1, 0.15) is 12.8 Å². The smallest absolute Gasteiger partial charge is 0.222 e. The molecule has 2 aromatic rings. The van der Waals surface area contributed by atoms with Crippen molar-refractivity contribution >= 4 is 22.4 Å². The van der Waals surface area contributed by atoms with Crippen molar-refractivity contribution in [3.05, 3.63) is 35.7 Å². The van der Waals surface area contributed by atoms with E-state index < -0.39 is 0 Å². The summed E-state index contributed by atoms with van der Waals surface area (Å²) in [4.78, 5) is 18.7. The molecule has 110 valence electrons. The molecular weight excluding hydrogens is 282 g/mol. The number of hydrogen-bond acceptors (Lipinski definition) is 4. The molecule has 1 fully saturated rings. The van der Waals surface area contributed by atoms with Crippen molar-refractivity contribution in [2.24, 2.45) is 5.92 Å². The summed E-state index contributed by atoms with van der Waals surface area (Å²) in [5, 5.41) is 5.91. The van der Waals surface area contributed by atoms with Crippen LogP contribution in [0.3, 0.4) is 0 Å². The van der Waals surface area contributed by atoms with Gasteiger partial charge in [0.2, 0.25) is 5.91 Å². The van der Waals surface area contributed by atoms with Crippen LogP contribution in [-0.4, -0.2) is 31.0 Å². The van der Waals surface area contributed by atoms with Crippen LogP contribution in [0.25, 0.3) is 11.3 Å². The van der Waals surface area contributed by atoms with E-state index in [1.165, 1.54) is 0 Å². The molecule has 3 rings (SSSR count). The van der Waals surface area contributed by atoms with E-state index in [1.807, 2.05) is 18.2 Å². The first kappa shape index (κ1) is 14.1. The fourth-order valence-corrected chi connectivity index (χ4v) is 3.58. The van der Waals surface area contributed by atoms with Gasteiger partial charge in [0, 0.05) is 37.0 Å². The molecular formula is C16H19N3OS. The molecule has 0 radical (unpaired) electrons. The van der Waals surface area contributed by atoms with Crippen molar-refractivity contribution in [3.8, 4) is 11.3 Å². The van der Waals surface area contributed by atoms with Gasteiger partial charge >= 0.3 is 0 Å². The molecule has 1 saturated heterocycles. The third-order valence-electron chi connectivity index (χ3n) is 3.94. The maximum absolute atomic E-state index is 11.7. The molecule has 1 aliphatic heterocycles. The SMILES string of the molecule is CNC(=O)C1CCN(c2nc(-c3ccccc3)cs2)CC1. The highest BCUT2D eigenvalue weighted by Crippen LogP contribution is 2.30. The number of carbonyl (C=O) groups excluding carboxylic acids is 1. The highest BCUT2D eigenvalue weighted by Gasteiger charge is 2.25. The number of amides is 1. The van der Waals surface area contributed by atoms with Gasteiger partial charge in [-0.25, -0.2) is 4.98 Å². The van der Waals surface area contributed by atoms with Crippen LogP contribution < -0.4 is 10.2 Å². The van der Waals surface area contributed by atoms with Gasteiger partial charge in [-0.05, 0) is 12.8 Å². The second-order valence-electron chi connectivity index (χ2n) is 5.26. The van der Waals surface area contributed by atoms with Crippen LogP contribution in [-0.2, 0) is 4.79 Å². The summed E-state index contributed by atoms with van der Waals surface area (Å²) < 4.78 is 0. The van der Waals surface area contributed by atoms with Gasteiger partial charge in [-0.1, -0.05) is 30.3 Å². The molecule has 21 heavy (non-hydrogen) atoms. The number of thiazole rings is 1. The summed E-state index contributed by atoms with van der Waals surface area (Å²) in [6.07, 6.45) is 1.81. The van der Waals surface area contributed by atoms with E-state index >= 15 is 0 Å². The molecule has 0 atom stereocenters. The van der Waals surface area contributed by atoms with Gasteiger partial charge in [-0.2, -0.15) is 0 Å². The van der Waals surface area contributed by atoms with E-state index in [-0.39, 0.29) is 11.8 Å². The van der Waals surface area contributed by atoms with E-state index in [0.29, 0.717) is 0 Å². The Morgan fingerprint density at radius 3 is 2.67 bits per heavy atom. The molecule has 1 aliphatic rings. The Balaban J connectivity index is 1.67. The number of benzene rings is 1. The number of nitrogens with one attached hydrogen (secondary N) is 1. The van der Waals surface area contributed by atoms with Gasteiger partial charge in [0.15, 0.2) is 5.13 Å². The minimum Gasteiger partial charge on any atom is -0.359 e. The van der Waals surface area contributed by atoms with Crippen LogP contribution in [0.4, 0.5) is 5.13 Å². The highest BCUT2D eigenvalue weighted by atomic mass is 32.1. The number of nitrogens with zero attached hydrogens (tertiary/aromatic N) is 2. The zero-order valence-electron chi connectivity index (χ0n) is 12.1. The first-order valence-corrected chi connectivity index (χ1v) is 8.13. The summed E-state index contributed by atoms with van der Waals surface area (Å²) in [6, 6.07) is 10.2. The van der Waals surface area contributed by atoms with Gasteiger partial charge in [-0.3, -0.25) is 4.79 Å². The van der Waals surface area contributed by atoms with E-state index in [4.69, 9.17) is 4.98 Å². The summed E-state index contributed by atoms with van der Waals surface area (Å²) >= 11 is 1.68. The van der Waals surface area contributed by atoms with E-state index in [9.17, 15) is 4.79 Å². The van der Waals surface area contributed by atoms with Crippen LogP contribution >= 0.6 is 11.3 Å². The average Bonchev–Trinajstić information content (AvgIpc) is 3.05.